The van der Waals surface area contributed by atoms with E-state index in [4.69, 9.17) is 49.5 Å². The maximum Gasteiger partial charge on any atom is 0.694 e. The van der Waals surface area contributed by atoms with Crippen LogP contribution in [0.3, 0.4) is 0 Å². The minimum absolute atomic E-state index is 0.00739. The molecule has 0 aliphatic carbocycles. The zero-order chi connectivity index (χ0) is 48.0. The van der Waals surface area contributed by atoms with Crippen molar-refractivity contribution in [2.24, 2.45) is 0 Å². The van der Waals surface area contributed by atoms with E-state index >= 15 is 0 Å². The summed E-state index contributed by atoms with van der Waals surface area (Å²) >= 11 is 0. The van der Waals surface area contributed by atoms with Crippen molar-refractivity contribution in [3.63, 3.8) is 0 Å². The molecule has 0 saturated carbocycles. The zero-order valence-corrected chi connectivity index (χ0v) is 36.4. The number of phosphoric ester groups is 3. The quantitative estimate of drug-likeness (QED) is 0.0423. The molecule has 0 aromatic carbocycles. The largest absolute Gasteiger partial charge is 0.694 e. The van der Waals surface area contributed by atoms with Crippen molar-refractivity contribution in [3.05, 3.63) is 58.1 Å². The molecule has 14 N–H and O–H groups in total. The highest BCUT2D eigenvalue weighted by Crippen LogP contribution is 2.53. The molecule has 3 fully saturated rings. The molecule has 66 heavy (non-hydrogen) atoms. The molecule has 4 aromatic rings. The average Bonchev–Trinajstić information content (AvgIpc) is 3.95. The monoisotopic (exact) mass is 1020 g/mol. The van der Waals surface area contributed by atoms with Gasteiger partial charge in [0.05, 0.1) is 19.5 Å². The summed E-state index contributed by atoms with van der Waals surface area (Å²) in [6.07, 6.45) is -18.6. The summed E-state index contributed by atoms with van der Waals surface area (Å²) < 4.78 is 99.7. The van der Waals surface area contributed by atoms with Gasteiger partial charge >= 0.3 is 43.1 Å². The van der Waals surface area contributed by atoms with Crippen molar-refractivity contribution in [3.8, 4) is 0 Å². The van der Waals surface area contributed by atoms with E-state index in [9.17, 15) is 67.6 Å². The van der Waals surface area contributed by atoms with Gasteiger partial charge in [-0.15, -0.1) is 9.42 Å². The van der Waals surface area contributed by atoms with E-state index in [1.165, 1.54) is 0 Å². The summed E-state index contributed by atoms with van der Waals surface area (Å²) in [5.41, 5.74) is 14.7. The maximum absolute atomic E-state index is 13.6. The predicted molar refractivity (Wildman–Crippen MR) is 209 cm³/mol. The molecule has 15 atom stereocenters. The fourth-order valence-electron chi connectivity index (χ4n) is 6.94. The van der Waals surface area contributed by atoms with Crippen LogP contribution >= 0.6 is 31.7 Å². The molecule has 0 radical (unpaired) electrons. The molecule has 0 spiro atoms. The number of hydrogen-bond donors (Lipinski definition) is 11. The second-order valence-electron chi connectivity index (χ2n) is 14.1. The van der Waals surface area contributed by atoms with Gasteiger partial charge in [0, 0.05) is 17.0 Å². The topological polar surface area (TPSA) is 505 Å². The number of nitrogens with two attached hydrogens (primary N) is 3. The molecule has 362 valence electrons. The van der Waals surface area contributed by atoms with E-state index in [0.717, 1.165) is 46.3 Å². The first-order valence-corrected chi connectivity index (χ1v) is 24.0. The van der Waals surface area contributed by atoms with E-state index in [2.05, 4.69) is 34.0 Å². The van der Waals surface area contributed by atoms with E-state index in [0.29, 0.717) is 4.57 Å². The highest BCUT2D eigenvalue weighted by atomic mass is 31.2. The fraction of sp³-hybridized carbons (Fsp3) is 0.536. The van der Waals surface area contributed by atoms with Crippen LogP contribution in [-0.4, -0.2) is 153 Å². The Bertz CT molecular complexity index is 2710. The van der Waals surface area contributed by atoms with Gasteiger partial charge in [-0.2, -0.15) is 9.97 Å². The molecule has 7 heterocycles. The molecule has 3 saturated heterocycles. The van der Waals surface area contributed by atoms with E-state index in [1.807, 2.05) is 0 Å². The van der Waals surface area contributed by atoms with Crippen LogP contribution in [0.5, 0.6) is 0 Å². The lowest BCUT2D eigenvalue weighted by Crippen LogP contribution is -2.38. The van der Waals surface area contributed by atoms with Crippen LogP contribution in [0.25, 0.3) is 11.2 Å². The van der Waals surface area contributed by atoms with Gasteiger partial charge < -0.3 is 66.3 Å². The molecule has 3 aliphatic heterocycles. The Morgan fingerprint density at radius 2 is 1.11 bits per heavy atom. The summed E-state index contributed by atoms with van der Waals surface area (Å²) in [4.78, 5) is 94.1. The number of ether oxygens (including phenoxy) is 3. The molecular formula is C28H38N11O23P4+. The van der Waals surface area contributed by atoms with Gasteiger partial charge in [-0.1, -0.05) is 0 Å². The minimum atomic E-state index is -5.58. The van der Waals surface area contributed by atoms with Gasteiger partial charge in [0.1, 0.15) is 85.0 Å². The highest BCUT2D eigenvalue weighted by Gasteiger charge is 2.54. The SMILES string of the molecule is Nc1ccn([C@@H]2O[C@H](COP(=O)(O)O[C@H]3[C@@H](O)[C@H](n4cnc5c(N)ncnc54)O[C@@H]3COP(=O)(O)O[C@H]3[C@@H](O)[C@H](n4ccc(N)nc4=O)O[C@@H]3CO[P+](=O)O)[C@@H](OP(=O)(O)O)[C@H]2O)c(=O)n1. The Balaban J connectivity index is 1.11. The van der Waals surface area contributed by atoms with Gasteiger partial charge in [0.25, 0.3) is 0 Å². The van der Waals surface area contributed by atoms with Crippen LogP contribution in [0, 0.1) is 0 Å². The number of phosphoric acid groups is 3. The molecule has 38 heteroatoms. The third-order valence-corrected chi connectivity index (χ3v) is 12.6. The Kier molecular flexibility index (Phi) is 14.6. The molecule has 7 rings (SSSR count). The predicted octanol–water partition coefficient (Wildman–Crippen LogP) is -3.99. The van der Waals surface area contributed by atoms with Crippen LogP contribution in [0.4, 0.5) is 17.5 Å². The standard InChI is InChI=1S/C28H37N11O23P4/c29-13-1-3-37(27(43)35-13)24-16(40)19(60-64(47,48)49)11(58-24)6-55-66(52,53)62-21-12(59-26(18(21)42)39-9-34-15-22(31)32-8-33-23(15)39)7-56-65(50,51)61-20-10(5-54-63(45)46)57-25(17(20)41)38-4-2-14(30)36-28(38)44/h1-4,8-12,16-21,24-26,40-42H,5-7H2,(H10-,29,30,31,32,33,35,36,43,44,45,46,47,48,49,50,51,52,53)/p+1/t10-,11-,12-,16-,17-,18-,19-,20-,21-,24-,25-,26-/m1/s1. The summed E-state index contributed by atoms with van der Waals surface area (Å²) in [7, 11) is -19.8. The van der Waals surface area contributed by atoms with Crippen LogP contribution in [0.15, 0.2) is 46.8 Å². The third kappa shape index (κ3) is 11.1. The minimum Gasteiger partial charge on any atom is -0.386 e. The Morgan fingerprint density at radius 1 is 0.667 bits per heavy atom. The molecule has 3 aliphatic rings. The van der Waals surface area contributed by atoms with Crippen LogP contribution in [0.2, 0.25) is 0 Å². The Hall–Kier alpha value is -4.18. The normalized spacial score (nSPS) is 31.2. The number of imidazole rings is 1. The van der Waals surface area contributed by atoms with E-state index < -0.39 is 137 Å². The first-order valence-electron chi connectivity index (χ1n) is 18.4. The van der Waals surface area contributed by atoms with E-state index in [-0.39, 0.29) is 28.6 Å². The summed E-state index contributed by atoms with van der Waals surface area (Å²) in [6, 6.07) is 2.27. The van der Waals surface area contributed by atoms with E-state index in [1.54, 1.807) is 0 Å². The molecule has 0 amide bonds. The lowest BCUT2D eigenvalue weighted by molar-refractivity contribution is -0.0626. The lowest BCUT2D eigenvalue weighted by Gasteiger charge is -2.26. The first kappa shape index (κ1) is 49.7. The van der Waals surface area contributed by atoms with Crippen LogP contribution < -0.4 is 28.6 Å². The van der Waals surface area contributed by atoms with Crippen molar-refractivity contribution < 1.29 is 99.4 Å². The first-order chi connectivity index (χ1) is 30.9. The Morgan fingerprint density at radius 3 is 1.55 bits per heavy atom. The van der Waals surface area contributed by atoms with Crippen molar-refractivity contribution >= 4 is 60.3 Å². The zero-order valence-electron chi connectivity index (χ0n) is 32.8. The van der Waals surface area contributed by atoms with Crippen molar-refractivity contribution in [2.75, 3.05) is 37.0 Å². The number of fused-ring (bicyclic) bond motifs is 1. The second-order valence-corrected chi connectivity index (χ2v) is 18.8. The number of nitrogens with zero attached hydrogens (tertiary/aromatic N) is 8. The molecule has 4 aromatic heterocycles. The smallest absolute Gasteiger partial charge is 0.386 e. The van der Waals surface area contributed by atoms with Gasteiger partial charge in [-0.05, 0) is 12.1 Å². The van der Waals surface area contributed by atoms with Crippen molar-refractivity contribution in [1.82, 2.24) is 38.6 Å². The fourth-order valence-corrected chi connectivity index (χ4v) is 9.72. The molecular weight excluding hydrogens is 982 g/mol. The molecule has 34 nitrogen and oxygen atoms in total. The van der Waals surface area contributed by atoms with Gasteiger partial charge in [-0.25, -0.2) is 38.2 Å². The maximum atomic E-state index is 13.6. The summed E-state index contributed by atoms with van der Waals surface area (Å²) in [5.74, 6) is -0.557. The second kappa shape index (κ2) is 19.4. The summed E-state index contributed by atoms with van der Waals surface area (Å²) in [6.45, 7) is -3.21. The molecule has 3 unspecified atom stereocenters. The van der Waals surface area contributed by atoms with Gasteiger partial charge in [-0.3, -0.25) is 36.3 Å². The van der Waals surface area contributed by atoms with Crippen molar-refractivity contribution in [1.29, 1.82) is 0 Å². The summed E-state index contributed by atoms with van der Waals surface area (Å²) in [5, 5.41) is 33.6. The number of aromatic nitrogens is 8. The number of nitrogen functional groups attached to an aromatic ring is 3. The number of rotatable bonds is 18. The third-order valence-electron chi connectivity index (χ3n) is 9.76. The lowest BCUT2D eigenvalue weighted by atomic mass is 10.1. The van der Waals surface area contributed by atoms with Gasteiger partial charge in [0.15, 0.2) is 30.1 Å². The van der Waals surface area contributed by atoms with Crippen LogP contribution in [0.1, 0.15) is 18.7 Å². The van der Waals surface area contributed by atoms with Crippen molar-refractivity contribution in [2.45, 2.75) is 73.6 Å². The average molecular weight is 1020 g/mol. The Labute approximate surface area is 366 Å². The number of aliphatic hydroxyl groups is 3. The highest BCUT2D eigenvalue weighted by molar-refractivity contribution is 7.47. The molecule has 0 bridgehead atoms. The number of anilines is 3. The van der Waals surface area contributed by atoms with Crippen LogP contribution in [-0.2, 0) is 59.6 Å². The number of aliphatic hydroxyl groups excluding tert-OH is 3. The number of hydrogen-bond acceptors (Lipinski definition) is 26. The van der Waals surface area contributed by atoms with Gasteiger partial charge in [0.2, 0.25) is 0 Å².